The van der Waals surface area contributed by atoms with Crippen molar-refractivity contribution in [1.82, 2.24) is 10.2 Å². The number of carboxylic acids is 1. The molecule has 3 N–H and O–H groups in total. The molecule has 0 amide bonds. The third kappa shape index (κ3) is 6.79. The summed E-state index contributed by atoms with van der Waals surface area (Å²) in [5, 5.41) is 23.0. The monoisotopic (exact) mass is 430 g/mol. The molecule has 2 aliphatic rings. The Bertz CT molecular complexity index is 751. The van der Waals surface area contributed by atoms with Crippen molar-refractivity contribution in [3.63, 3.8) is 0 Å². The number of para-hydroxylation sites is 1. The fraction of sp³-hybridized carbons (Fsp3) is 0.652. The van der Waals surface area contributed by atoms with Gasteiger partial charge in [0.25, 0.3) is 0 Å². The average Bonchev–Trinajstić information content (AvgIpc) is 2.74. The number of fused-ring (bicyclic) bond motifs is 1. The van der Waals surface area contributed by atoms with Crippen LogP contribution in [0.15, 0.2) is 18.2 Å². The summed E-state index contributed by atoms with van der Waals surface area (Å²) in [6.07, 6.45) is 6.75. The molecule has 8 heteroatoms. The number of hydrogen-bond acceptors (Lipinski definition) is 6. The van der Waals surface area contributed by atoms with Crippen LogP contribution in [0.1, 0.15) is 61.4 Å². The number of hydrogen-bond donors (Lipinski definition) is 3. The van der Waals surface area contributed by atoms with Crippen LogP contribution in [-0.4, -0.2) is 66.6 Å². The average molecular weight is 430 g/mol. The van der Waals surface area contributed by atoms with Crippen molar-refractivity contribution >= 4 is 18.9 Å². The van der Waals surface area contributed by atoms with Gasteiger partial charge in [-0.3, -0.25) is 9.69 Å². The standard InChI is InChI=1S/C23H35BN2O5/c1-2-25-11-4-3-6-17-9-12-26(13-10-17)16-20(27)15-19-14-18-7-5-8-21(23(28)29)22(18)31-24(19)30/h5,7-8,17,19,25,30H,2-4,6,9-16H2,1H3,(H,28,29)/t19-/m1/s1. The number of likely N-dealkylation sites (tertiary alicyclic amines) is 1. The van der Waals surface area contributed by atoms with E-state index in [0.717, 1.165) is 50.5 Å². The molecule has 2 heterocycles. The summed E-state index contributed by atoms with van der Waals surface area (Å²) in [6.45, 7) is 6.59. The van der Waals surface area contributed by atoms with E-state index in [1.54, 1.807) is 12.1 Å². The maximum absolute atomic E-state index is 12.7. The SMILES string of the molecule is CCNCCCCC1CCN(CC(=O)C[C@H]2Cc3cccc(C(=O)O)c3OB2O)CC1. The Hall–Kier alpha value is -1.90. The third-order valence-electron chi connectivity index (χ3n) is 6.51. The Morgan fingerprint density at radius 2 is 2.03 bits per heavy atom. The minimum Gasteiger partial charge on any atom is -0.535 e. The first-order chi connectivity index (χ1) is 15.0. The quantitative estimate of drug-likeness (QED) is 0.367. The van der Waals surface area contributed by atoms with E-state index in [1.807, 2.05) is 0 Å². The number of ketones is 1. The van der Waals surface area contributed by atoms with E-state index in [-0.39, 0.29) is 29.3 Å². The summed E-state index contributed by atoms with van der Waals surface area (Å²) >= 11 is 0. The summed E-state index contributed by atoms with van der Waals surface area (Å²) < 4.78 is 5.51. The molecule has 1 aromatic rings. The van der Waals surface area contributed by atoms with Crippen molar-refractivity contribution in [2.45, 2.75) is 57.7 Å². The van der Waals surface area contributed by atoms with Gasteiger partial charge < -0.3 is 20.1 Å². The Kier molecular flexibility index (Phi) is 8.93. The smallest absolute Gasteiger partial charge is 0.526 e. The number of carboxylic acid groups (broad SMARTS) is 1. The number of nitrogens with one attached hydrogen (secondary N) is 1. The first-order valence-electron chi connectivity index (χ1n) is 11.6. The lowest BCUT2D eigenvalue weighted by atomic mass is 9.64. The van der Waals surface area contributed by atoms with Crippen LogP contribution in [0.5, 0.6) is 5.75 Å². The zero-order valence-corrected chi connectivity index (χ0v) is 18.5. The van der Waals surface area contributed by atoms with Gasteiger partial charge in [0.2, 0.25) is 0 Å². The molecule has 7 nitrogen and oxygen atoms in total. The van der Waals surface area contributed by atoms with Crippen molar-refractivity contribution in [1.29, 1.82) is 0 Å². The minimum absolute atomic E-state index is 0.0471. The number of unbranched alkanes of at least 4 members (excludes halogenated alkanes) is 1. The molecule has 1 atom stereocenters. The van der Waals surface area contributed by atoms with Gasteiger partial charge in [-0.25, -0.2) is 4.79 Å². The highest BCUT2D eigenvalue weighted by molar-refractivity contribution is 6.47. The molecular formula is C23H35BN2O5. The van der Waals surface area contributed by atoms with Crippen LogP contribution < -0.4 is 9.97 Å². The number of carbonyl (C=O) groups excluding carboxylic acids is 1. The zero-order chi connectivity index (χ0) is 22.2. The summed E-state index contributed by atoms with van der Waals surface area (Å²) in [6, 6.07) is 4.94. The van der Waals surface area contributed by atoms with Crippen LogP contribution in [0.4, 0.5) is 0 Å². The van der Waals surface area contributed by atoms with Crippen molar-refractivity contribution in [3.05, 3.63) is 29.3 Å². The summed E-state index contributed by atoms with van der Waals surface area (Å²) in [7, 11) is -1.16. The van der Waals surface area contributed by atoms with Gasteiger partial charge in [0.1, 0.15) is 11.5 Å². The highest BCUT2D eigenvalue weighted by atomic mass is 16.5. The van der Waals surface area contributed by atoms with Crippen LogP contribution >= 0.6 is 0 Å². The molecule has 0 unspecified atom stereocenters. The normalized spacial score (nSPS) is 19.7. The van der Waals surface area contributed by atoms with E-state index >= 15 is 0 Å². The van der Waals surface area contributed by atoms with E-state index in [2.05, 4.69) is 17.1 Å². The van der Waals surface area contributed by atoms with Gasteiger partial charge in [0.15, 0.2) is 0 Å². The molecule has 31 heavy (non-hydrogen) atoms. The van der Waals surface area contributed by atoms with Crippen LogP contribution in [0.25, 0.3) is 0 Å². The predicted octanol–water partition coefficient (Wildman–Crippen LogP) is 2.62. The van der Waals surface area contributed by atoms with Gasteiger partial charge >= 0.3 is 13.1 Å². The lowest BCUT2D eigenvalue weighted by Gasteiger charge is -2.32. The van der Waals surface area contributed by atoms with Crippen molar-refractivity contribution < 1.29 is 24.4 Å². The molecule has 1 aromatic carbocycles. The molecule has 0 bridgehead atoms. The molecule has 1 saturated heterocycles. The molecular weight excluding hydrogens is 395 g/mol. The largest absolute Gasteiger partial charge is 0.535 e. The molecule has 0 aromatic heterocycles. The van der Waals surface area contributed by atoms with E-state index in [0.29, 0.717) is 13.0 Å². The van der Waals surface area contributed by atoms with Crippen molar-refractivity contribution in [2.24, 2.45) is 5.92 Å². The second-order valence-electron chi connectivity index (χ2n) is 8.88. The number of rotatable bonds is 11. The number of nitrogens with zero attached hydrogens (tertiary/aromatic N) is 1. The number of Topliss-reactive ketones (excluding diaryl/α,β-unsaturated/α-hetero) is 1. The highest BCUT2D eigenvalue weighted by Gasteiger charge is 2.38. The maximum Gasteiger partial charge on any atom is 0.526 e. The summed E-state index contributed by atoms with van der Waals surface area (Å²) in [4.78, 5) is 26.2. The lowest BCUT2D eigenvalue weighted by molar-refractivity contribution is -0.120. The summed E-state index contributed by atoms with van der Waals surface area (Å²) in [5.41, 5.74) is 0.781. The predicted molar refractivity (Wildman–Crippen MR) is 121 cm³/mol. The van der Waals surface area contributed by atoms with Gasteiger partial charge in [-0.15, -0.1) is 0 Å². The first-order valence-corrected chi connectivity index (χ1v) is 11.6. The second kappa shape index (κ2) is 11.6. The Labute approximate surface area is 185 Å². The molecule has 0 saturated carbocycles. The molecule has 1 fully saturated rings. The Morgan fingerprint density at radius 3 is 2.74 bits per heavy atom. The van der Waals surface area contributed by atoms with E-state index in [4.69, 9.17) is 4.65 Å². The molecule has 0 radical (unpaired) electrons. The third-order valence-corrected chi connectivity index (χ3v) is 6.51. The lowest BCUT2D eigenvalue weighted by Crippen LogP contribution is -2.40. The zero-order valence-electron chi connectivity index (χ0n) is 18.5. The van der Waals surface area contributed by atoms with Crippen LogP contribution in [0.3, 0.4) is 0 Å². The molecule has 170 valence electrons. The van der Waals surface area contributed by atoms with Gasteiger partial charge in [0, 0.05) is 12.2 Å². The maximum atomic E-state index is 12.7. The van der Waals surface area contributed by atoms with Crippen LogP contribution in [-0.2, 0) is 11.2 Å². The fourth-order valence-corrected chi connectivity index (χ4v) is 4.73. The molecule has 3 rings (SSSR count). The number of piperidine rings is 1. The summed E-state index contributed by atoms with van der Waals surface area (Å²) in [5.74, 6) is -0.340. The topological polar surface area (TPSA) is 99.1 Å². The van der Waals surface area contributed by atoms with Gasteiger partial charge in [0.05, 0.1) is 12.1 Å². The van der Waals surface area contributed by atoms with E-state index in [1.165, 1.54) is 25.3 Å². The number of carbonyl (C=O) groups is 2. The number of aromatic carboxylic acids is 1. The van der Waals surface area contributed by atoms with Gasteiger partial charge in [-0.2, -0.15) is 0 Å². The van der Waals surface area contributed by atoms with Crippen molar-refractivity contribution in [3.8, 4) is 5.75 Å². The van der Waals surface area contributed by atoms with Crippen LogP contribution in [0, 0.1) is 5.92 Å². The van der Waals surface area contributed by atoms with Gasteiger partial charge in [-0.1, -0.05) is 31.9 Å². The molecule has 2 aliphatic heterocycles. The van der Waals surface area contributed by atoms with E-state index < -0.39 is 13.1 Å². The first kappa shape index (κ1) is 23.8. The minimum atomic E-state index is -1.16. The van der Waals surface area contributed by atoms with Crippen molar-refractivity contribution in [2.75, 3.05) is 32.7 Å². The Balaban J connectivity index is 1.41. The highest BCUT2D eigenvalue weighted by Crippen LogP contribution is 2.36. The number of benzene rings is 1. The fourth-order valence-electron chi connectivity index (χ4n) is 4.73. The second-order valence-corrected chi connectivity index (χ2v) is 8.88. The van der Waals surface area contributed by atoms with E-state index in [9.17, 15) is 19.7 Å². The van der Waals surface area contributed by atoms with Crippen LogP contribution in [0.2, 0.25) is 5.82 Å². The molecule has 0 aliphatic carbocycles. The van der Waals surface area contributed by atoms with Gasteiger partial charge in [-0.05, 0) is 69.4 Å². The Morgan fingerprint density at radius 1 is 1.26 bits per heavy atom. The molecule has 0 spiro atoms.